The zero-order valence-electron chi connectivity index (χ0n) is 13.0. The molecular weight excluding hydrogens is 264 g/mol. The number of alkyl carbamates (subject to hydrolysis) is 1. The highest BCUT2D eigenvalue weighted by molar-refractivity contribution is 5.82. The molecule has 20 heavy (non-hydrogen) atoms. The van der Waals surface area contributed by atoms with E-state index in [1.165, 1.54) is 12.0 Å². The van der Waals surface area contributed by atoms with Crippen molar-refractivity contribution in [2.24, 2.45) is 0 Å². The standard InChI is InChI=1S/C13H24N2O5/c1-13(2,3)20-12(18)14-9(11(17)19-6)7-8-10(16)15(4)5/h9H,7-8H2,1-6H3,(H,14,18)/t9-/m0/s1. The largest absolute Gasteiger partial charge is 0.467 e. The van der Waals surface area contributed by atoms with Gasteiger partial charge in [-0.15, -0.1) is 0 Å². The number of hydrogen-bond acceptors (Lipinski definition) is 5. The number of ether oxygens (including phenoxy) is 2. The minimum absolute atomic E-state index is 0.128. The maximum absolute atomic E-state index is 11.6. The maximum Gasteiger partial charge on any atom is 0.408 e. The number of methoxy groups -OCH3 is 1. The molecule has 0 bridgehead atoms. The fourth-order valence-electron chi connectivity index (χ4n) is 1.33. The van der Waals surface area contributed by atoms with Crippen LogP contribution >= 0.6 is 0 Å². The van der Waals surface area contributed by atoms with Gasteiger partial charge < -0.3 is 19.7 Å². The molecule has 0 radical (unpaired) electrons. The molecular formula is C13H24N2O5. The molecule has 0 spiro atoms. The van der Waals surface area contributed by atoms with Crippen LogP contribution in [0.5, 0.6) is 0 Å². The predicted octanol–water partition coefficient (Wildman–Crippen LogP) is 0.921. The molecule has 1 atom stereocenters. The van der Waals surface area contributed by atoms with Crippen LogP contribution in [0.4, 0.5) is 4.79 Å². The Morgan fingerprint density at radius 1 is 1.20 bits per heavy atom. The summed E-state index contributed by atoms with van der Waals surface area (Å²) in [5.41, 5.74) is -0.662. The molecule has 2 amide bonds. The maximum atomic E-state index is 11.6. The van der Waals surface area contributed by atoms with E-state index < -0.39 is 23.7 Å². The summed E-state index contributed by atoms with van der Waals surface area (Å²) in [6.45, 7) is 5.15. The topological polar surface area (TPSA) is 84.9 Å². The third-order valence-electron chi connectivity index (χ3n) is 2.32. The molecule has 0 aromatic rings. The number of hydrogen-bond donors (Lipinski definition) is 1. The summed E-state index contributed by atoms with van der Waals surface area (Å²) in [7, 11) is 4.47. The van der Waals surface area contributed by atoms with Gasteiger partial charge in [0.05, 0.1) is 7.11 Å². The molecule has 0 aliphatic rings. The number of nitrogens with one attached hydrogen (secondary N) is 1. The van der Waals surface area contributed by atoms with E-state index in [2.05, 4.69) is 10.1 Å². The molecule has 0 saturated heterocycles. The SMILES string of the molecule is COC(=O)[C@H](CCC(=O)N(C)C)NC(=O)OC(C)(C)C. The van der Waals surface area contributed by atoms with E-state index in [0.29, 0.717) is 0 Å². The lowest BCUT2D eigenvalue weighted by molar-refractivity contribution is -0.143. The molecule has 116 valence electrons. The minimum Gasteiger partial charge on any atom is -0.467 e. The molecule has 0 saturated carbocycles. The molecule has 0 aromatic carbocycles. The number of nitrogens with zero attached hydrogens (tertiary/aromatic N) is 1. The Kier molecular flexibility index (Phi) is 7.02. The van der Waals surface area contributed by atoms with Crippen LogP contribution in [0.25, 0.3) is 0 Å². The van der Waals surface area contributed by atoms with Crippen LogP contribution in [0.1, 0.15) is 33.6 Å². The molecule has 0 aliphatic heterocycles. The molecule has 0 aromatic heterocycles. The van der Waals surface area contributed by atoms with Gasteiger partial charge in [-0.05, 0) is 27.2 Å². The first-order chi connectivity index (χ1) is 9.06. The van der Waals surface area contributed by atoms with Crippen LogP contribution in [-0.2, 0) is 19.1 Å². The van der Waals surface area contributed by atoms with Gasteiger partial charge in [0.2, 0.25) is 5.91 Å². The number of amides is 2. The first-order valence-electron chi connectivity index (χ1n) is 6.34. The van der Waals surface area contributed by atoms with Gasteiger partial charge >= 0.3 is 12.1 Å². The summed E-state index contributed by atoms with van der Waals surface area (Å²) in [6.07, 6.45) is -0.434. The normalized spacial score (nSPS) is 12.3. The fraction of sp³-hybridized carbons (Fsp3) is 0.769. The molecule has 0 unspecified atom stereocenters. The Morgan fingerprint density at radius 3 is 2.15 bits per heavy atom. The summed E-state index contributed by atoms with van der Waals surface area (Å²) >= 11 is 0. The Bertz CT molecular complexity index is 360. The monoisotopic (exact) mass is 288 g/mol. The smallest absolute Gasteiger partial charge is 0.408 e. The van der Waals surface area contributed by atoms with Crippen LogP contribution in [0.15, 0.2) is 0 Å². The van der Waals surface area contributed by atoms with Crippen molar-refractivity contribution in [2.75, 3.05) is 21.2 Å². The van der Waals surface area contributed by atoms with E-state index in [9.17, 15) is 14.4 Å². The molecule has 0 rings (SSSR count). The van der Waals surface area contributed by atoms with Crippen molar-refractivity contribution >= 4 is 18.0 Å². The molecule has 0 fully saturated rings. The Balaban J connectivity index is 4.54. The molecule has 7 nitrogen and oxygen atoms in total. The van der Waals surface area contributed by atoms with Crippen molar-refractivity contribution in [3.8, 4) is 0 Å². The van der Waals surface area contributed by atoms with Crippen molar-refractivity contribution in [1.29, 1.82) is 0 Å². The number of carbonyl (C=O) groups is 3. The van der Waals surface area contributed by atoms with Crippen molar-refractivity contribution in [1.82, 2.24) is 10.2 Å². The lowest BCUT2D eigenvalue weighted by atomic mass is 10.1. The lowest BCUT2D eigenvalue weighted by Crippen LogP contribution is -2.44. The first kappa shape index (κ1) is 18.2. The van der Waals surface area contributed by atoms with Crippen molar-refractivity contribution in [3.63, 3.8) is 0 Å². The Morgan fingerprint density at radius 2 is 1.75 bits per heavy atom. The Hall–Kier alpha value is -1.79. The third kappa shape index (κ3) is 7.60. The zero-order chi connectivity index (χ0) is 15.9. The van der Waals surface area contributed by atoms with Gasteiger partial charge in [0.15, 0.2) is 0 Å². The quantitative estimate of drug-likeness (QED) is 0.760. The highest BCUT2D eigenvalue weighted by Crippen LogP contribution is 2.08. The van der Waals surface area contributed by atoms with Gasteiger partial charge in [-0.1, -0.05) is 0 Å². The number of carbonyl (C=O) groups excluding carboxylic acids is 3. The van der Waals surface area contributed by atoms with Crippen molar-refractivity contribution < 1.29 is 23.9 Å². The van der Waals surface area contributed by atoms with Gasteiger partial charge in [-0.3, -0.25) is 4.79 Å². The summed E-state index contributed by atoms with van der Waals surface area (Å²) in [5.74, 6) is -0.743. The highest BCUT2D eigenvalue weighted by Gasteiger charge is 2.25. The summed E-state index contributed by atoms with van der Waals surface area (Å²) < 4.78 is 9.67. The Labute approximate surface area is 119 Å². The van der Waals surface area contributed by atoms with E-state index >= 15 is 0 Å². The summed E-state index contributed by atoms with van der Waals surface area (Å²) in [6, 6.07) is -0.904. The second-order valence-electron chi connectivity index (χ2n) is 5.55. The summed E-state index contributed by atoms with van der Waals surface area (Å²) in [4.78, 5) is 36.1. The van der Waals surface area contributed by atoms with E-state index in [1.54, 1.807) is 34.9 Å². The van der Waals surface area contributed by atoms with Crippen LogP contribution in [-0.4, -0.2) is 55.7 Å². The van der Waals surface area contributed by atoms with Gasteiger partial charge in [-0.25, -0.2) is 9.59 Å². The van der Waals surface area contributed by atoms with Crippen LogP contribution < -0.4 is 5.32 Å². The number of esters is 1. The molecule has 0 heterocycles. The van der Waals surface area contributed by atoms with Crippen LogP contribution in [0.3, 0.4) is 0 Å². The zero-order valence-corrected chi connectivity index (χ0v) is 13.0. The van der Waals surface area contributed by atoms with E-state index in [-0.39, 0.29) is 18.7 Å². The first-order valence-corrected chi connectivity index (χ1v) is 6.34. The second kappa shape index (κ2) is 7.72. The number of rotatable bonds is 5. The highest BCUT2D eigenvalue weighted by atomic mass is 16.6. The van der Waals surface area contributed by atoms with Gasteiger partial charge in [0.1, 0.15) is 11.6 Å². The fourth-order valence-corrected chi connectivity index (χ4v) is 1.33. The van der Waals surface area contributed by atoms with Crippen LogP contribution in [0.2, 0.25) is 0 Å². The predicted molar refractivity (Wildman–Crippen MR) is 73.1 cm³/mol. The van der Waals surface area contributed by atoms with E-state index in [4.69, 9.17) is 4.74 Å². The van der Waals surface area contributed by atoms with Crippen LogP contribution in [0, 0.1) is 0 Å². The molecule has 7 heteroatoms. The average Bonchev–Trinajstić information content (AvgIpc) is 2.30. The van der Waals surface area contributed by atoms with E-state index in [0.717, 1.165) is 0 Å². The van der Waals surface area contributed by atoms with E-state index in [1.807, 2.05) is 0 Å². The lowest BCUT2D eigenvalue weighted by Gasteiger charge is -2.22. The minimum atomic E-state index is -0.904. The van der Waals surface area contributed by atoms with Crippen molar-refractivity contribution in [2.45, 2.75) is 45.3 Å². The average molecular weight is 288 g/mol. The third-order valence-corrected chi connectivity index (χ3v) is 2.32. The van der Waals surface area contributed by atoms with Gasteiger partial charge in [-0.2, -0.15) is 0 Å². The molecule has 1 N–H and O–H groups in total. The van der Waals surface area contributed by atoms with Gasteiger partial charge in [0.25, 0.3) is 0 Å². The summed E-state index contributed by atoms with van der Waals surface area (Å²) in [5, 5.41) is 2.41. The second-order valence-corrected chi connectivity index (χ2v) is 5.55. The van der Waals surface area contributed by atoms with Crippen molar-refractivity contribution in [3.05, 3.63) is 0 Å². The van der Waals surface area contributed by atoms with Gasteiger partial charge in [0, 0.05) is 20.5 Å². The molecule has 0 aliphatic carbocycles.